The van der Waals surface area contributed by atoms with E-state index in [1.54, 1.807) is 60.7 Å². The van der Waals surface area contributed by atoms with Crippen LogP contribution in [0, 0.1) is 0 Å². The maximum Gasteiger partial charge on any atom is 0.362 e. The molecule has 2 amide bonds. The summed E-state index contributed by atoms with van der Waals surface area (Å²) in [5.41, 5.74) is -1.58. The molecule has 2 aromatic heterocycles. The third-order valence-corrected chi connectivity index (χ3v) is 21.2. The van der Waals surface area contributed by atoms with Crippen molar-refractivity contribution in [3.05, 3.63) is 218 Å². The van der Waals surface area contributed by atoms with Gasteiger partial charge in [-0.3, -0.25) is 23.7 Å². The number of carboxylic acid groups (broad SMARTS) is 2. The lowest BCUT2D eigenvalue weighted by atomic mass is 9.77. The Balaban J connectivity index is 0.000000572. The number of amides is 2. The minimum absolute atomic E-state index is 0.0324. The summed E-state index contributed by atoms with van der Waals surface area (Å²) in [6.45, 7) is 15.0. The third kappa shape index (κ3) is 18.2. The van der Waals surface area contributed by atoms with Gasteiger partial charge in [0.15, 0.2) is 16.9 Å². The summed E-state index contributed by atoms with van der Waals surface area (Å²) in [7, 11) is 0. The van der Waals surface area contributed by atoms with Gasteiger partial charge in [-0.1, -0.05) is 233 Å². The van der Waals surface area contributed by atoms with Crippen molar-refractivity contribution in [2.24, 2.45) is 5.16 Å². The zero-order valence-corrected chi connectivity index (χ0v) is 56.3. The monoisotopic (exact) mass is 1360 g/mol. The fourth-order valence-electron chi connectivity index (χ4n) is 11.1. The van der Waals surface area contributed by atoms with E-state index in [9.17, 15) is 47.8 Å². The standard InChI is InChI=1S/C53H42F2N6O10S5.C16H36N/c54-37(55)29-73-50(49(69)70-42(30-16-6-1-7-17-30)31-18-8-2-9-19-31)71-59-39(36-28-75-52(56-36)58-53(33-20-10-3-11-21-33,34-22-12-4-13-23-34)35-24-14-5-15-25-35)44(63)57-40-45(64)61-41(48(67)68)32(26-72-46(40)61)27-74-51-38(47(65)66)43(62)60-76-51;1-5-9-13-17(14-10-6-2,15-11-7-3)16-12-8-4/h1-25,28,37,40,42,46,50H,26-27,29H2,(H,56,58)(H,57,63)(H,60,62)(H,65,66)(H,67,68);5-16H2,1-4H3/q;+1/p-1/b59-39-;. The Labute approximate surface area is 561 Å². The molecule has 0 spiro atoms. The number of fused-ring (bicyclic) bond motifs is 1. The van der Waals surface area contributed by atoms with E-state index >= 15 is 0 Å². The smallest absolute Gasteiger partial charge is 0.362 e. The highest BCUT2D eigenvalue weighted by Gasteiger charge is 2.54. The zero-order chi connectivity index (χ0) is 66.3. The van der Waals surface area contributed by atoms with E-state index in [0.29, 0.717) is 22.9 Å². The number of aliphatic carboxylic acids is 1. The summed E-state index contributed by atoms with van der Waals surface area (Å²) in [5, 5.41) is 33.2. The number of alkyl halides is 2. The number of carbonyl (C=O) groups is 5. The number of rotatable bonds is 34. The predicted molar refractivity (Wildman–Crippen MR) is 365 cm³/mol. The molecule has 0 radical (unpaired) electrons. The molecule has 4 heterocycles. The number of nitrogens with zero attached hydrogens (tertiary/aromatic N) is 4. The molecule has 7 aromatic rings. The Morgan fingerprint density at radius 1 is 0.774 bits per heavy atom. The average molecular weight is 1360 g/mol. The molecule has 0 bridgehead atoms. The van der Waals surface area contributed by atoms with Crippen LogP contribution in [0.15, 0.2) is 182 Å². The SMILES string of the molecule is CCCC[N+](CCCC)(CCCC)CCCC.O=C(O)C1=C(CSc2s[nH]c(=O)c2C(=O)[O-])CSC2C(NC(=O)/C(=N\OC(SCC(F)F)C(=O)OC(c3ccccc3)c3ccccc3)c3csc(NC(c4ccccc4)(c4ccccc4)c4ccccc4)n3)C(=O)N12. The van der Waals surface area contributed by atoms with Crippen molar-refractivity contribution in [3.63, 3.8) is 0 Å². The molecule has 3 atom stereocenters. The number of esters is 1. The van der Waals surface area contributed by atoms with E-state index in [-0.39, 0.29) is 37.8 Å². The first-order valence-electron chi connectivity index (χ1n) is 31.0. The molecule has 5 aromatic carbocycles. The van der Waals surface area contributed by atoms with Gasteiger partial charge in [0, 0.05) is 16.9 Å². The number of nitrogens with one attached hydrogen (secondary N) is 3. The van der Waals surface area contributed by atoms with Gasteiger partial charge in [-0.25, -0.2) is 23.4 Å². The summed E-state index contributed by atoms with van der Waals surface area (Å²) in [4.78, 5) is 91.0. The largest absolute Gasteiger partial charge is 0.545 e. The lowest BCUT2D eigenvalue weighted by Crippen LogP contribution is -2.71. The number of anilines is 1. The molecule has 0 saturated carbocycles. The normalized spacial score (nSPS) is 15.2. The average Bonchev–Trinajstić information content (AvgIpc) is 0.939. The summed E-state index contributed by atoms with van der Waals surface area (Å²) in [6.07, 6.45) is 7.16. The van der Waals surface area contributed by atoms with Crippen molar-refractivity contribution in [1.82, 2.24) is 19.6 Å². The summed E-state index contributed by atoms with van der Waals surface area (Å²) >= 11 is 4.24. The molecule has 3 unspecified atom stereocenters. The van der Waals surface area contributed by atoms with Gasteiger partial charge in [0.05, 0.1) is 47.7 Å². The molecule has 17 nitrogen and oxygen atoms in total. The second-order valence-corrected chi connectivity index (χ2v) is 27.4. The molecular weight excluding hydrogens is 1290 g/mol. The van der Waals surface area contributed by atoms with Gasteiger partial charge in [-0.05, 0) is 59.1 Å². The number of thioether (sulfide) groups is 3. The number of H-pyrrole nitrogens is 1. The van der Waals surface area contributed by atoms with Crippen molar-refractivity contribution in [3.8, 4) is 0 Å². The second kappa shape index (κ2) is 35.1. The fourth-order valence-corrected chi connectivity index (χ4v) is 15.9. The molecule has 0 aliphatic carbocycles. The maximum atomic E-state index is 14.7. The lowest BCUT2D eigenvalue weighted by Gasteiger charge is -2.49. The molecule has 93 heavy (non-hydrogen) atoms. The summed E-state index contributed by atoms with van der Waals surface area (Å²) in [5.74, 6) is -7.08. The number of quaternary nitrogens is 1. The number of hydrogen-bond acceptors (Lipinski definition) is 17. The van der Waals surface area contributed by atoms with E-state index in [2.05, 4.69) is 47.9 Å². The van der Waals surface area contributed by atoms with Gasteiger partial charge < -0.3 is 39.7 Å². The Morgan fingerprint density at radius 3 is 1.73 bits per heavy atom. The number of thiazole rings is 1. The van der Waals surface area contributed by atoms with E-state index in [4.69, 9.17) is 14.6 Å². The van der Waals surface area contributed by atoms with Crippen LogP contribution in [0.25, 0.3) is 0 Å². The van der Waals surface area contributed by atoms with Crippen molar-refractivity contribution in [1.29, 1.82) is 0 Å². The molecule has 9 rings (SSSR count). The third-order valence-electron chi connectivity index (χ3n) is 15.9. The van der Waals surface area contributed by atoms with Crippen molar-refractivity contribution >= 4 is 98.7 Å². The van der Waals surface area contributed by atoms with E-state index in [1.165, 1.54) is 87.4 Å². The fraction of sp³-hybridized carbons (Fsp3) is 0.362. The second-order valence-electron chi connectivity index (χ2n) is 22.3. The highest BCUT2D eigenvalue weighted by atomic mass is 32.2. The number of β-lactam (4-membered cyclic amide) rings is 1. The van der Waals surface area contributed by atoms with Crippen LogP contribution in [-0.4, -0.2) is 126 Å². The number of aromatic nitrogens is 2. The molecule has 2 aliphatic heterocycles. The molecule has 1 fully saturated rings. The van der Waals surface area contributed by atoms with Gasteiger partial charge >= 0.3 is 11.9 Å². The van der Waals surface area contributed by atoms with E-state index in [1.807, 2.05) is 91.0 Å². The number of aromatic amines is 1. The summed E-state index contributed by atoms with van der Waals surface area (Å²) < 4.78 is 37.6. The first-order valence-corrected chi connectivity index (χ1v) is 35.8. The first-order chi connectivity index (χ1) is 45.1. The predicted octanol–water partition coefficient (Wildman–Crippen LogP) is 12.6. The Bertz CT molecular complexity index is 3520. The van der Waals surface area contributed by atoms with Crippen molar-refractivity contribution in [2.45, 2.75) is 118 Å². The highest BCUT2D eigenvalue weighted by molar-refractivity contribution is 8.02. The van der Waals surface area contributed by atoms with E-state index < -0.39 is 87.2 Å². The van der Waals surface area contributed by atoms with E-state index in [0.717, 1.165) is 68.0 Å². The zero-order valence-electron chi connectivity index (χ0n) is 52.2. The number of hydrogen-bond donors (Lipinski definition) is 4. The van der Waals surface area contributed by atoms with Crippen LogP contribution in [0.4, 0.5) is 13.9 Å². The number of oxime groups is 1. The van der Waals surface area contributed by atoms with Crippen LogP contribution >= 0.6 is 58.2 Å². The minimum Gasteiger partial charge on any atom is -0.545 e. The van der Waals surface area contributed by atoms with Gasteiger partial charge in [-0.2, -0.15) is 0 Å². The number of halogens is 2. The van der Waals surface area contributed by atoms with Crippen LogP contribution in [-0.2, 0) is 34.3 Å². The topological polar surface area (TPSA) is 233 Å². The van der Waals surface area contributed by atoms with Gasteiger partial charge in [0.25, 0.3) is 22.8 Å². The number of ether oxygens (including phenoxy) is 1. The van der Waals surface area contributed by atoms with Crippen LogP contribution < -0.4 is 21.3 Å². The van der Waals surface area contributed by atoms with Gasteiger partial charge in [-0.15, -0.1) is 34.9 Å². The molecule has 4 N–H and O–H groups in total. The van der Waals surface area contributed by atoms with Crippen LogP contribution in [0.5, 0.6) is 0 Å². The van der Waals surface area contributed by atoms with Crippen LogP contribution in [0.3, 0.4) is 0 Å². The van der Waals surface area contributed by atoms with Gasteiger partial charge in [0.1, 0.15) is 28.3 Å². The number of carbonyl (C=O) groups excluding carboxylic acids is 4. The quantitative estimate of drug-likeness (QED) is 0.00429. The van der Waals surface area contributed by atoms with Crippen LogP contribution in [0.1, 0.15) is 129 Å². The van der Waals surface area contributed by atoms with Gasteiger partial charge in [0.2, 0.25) is 6.43 Å². The number of aromatic carboxylic acids is 1. The maximum absolute atomic E-state index is 14.7. The highest BCUT2D eigenvalue weighted by Crippen LogP contribution is 2.44. The lowest BCUT2D eigenvalue weighted by molar-refractivity contribution is -0.929. The van der Waals surface area contributed by atoms with Crippen LogP contribution in [0.2, 0.25) is 0 Å². The molecule has 1 saturated heterocycles. The Hall–Kier alpha value is -7.61. The first kappa shape index (κ1) is 71.2. The van der Waals surface area contributed by atoms with Crippen molar-refractivity contribution < 1.29 is 57.0 Å². The molecule has 24 heteroatoms. The molecule has 492 valence electrons. The molecular formula is C69H77F2N7O10S5. The Morgan fingerprint density at radius 2 is 1.27 bits per heavy atom. The Kier molecular flexibility index (Phi) is 26.9. The number of carboxylic acids is 2. The minimum atomic E-state index is -2.90. The molecule has 2 aliphatic rings. The number of benzene rings is 5. The summed E-state index contributed by atoms with van der Waals surface area (Å²) in [6, 6.07) is 45.0. The number of unbranched alkanes of at least 4 members (excludes halogenated alkanes) is 4. The van der Waals surface area contributed by atoms with Crippen molar-refractivity contribution in [2.75, 3.05) is 48.8 Å².